The molecule has 2 aromatic heterocycles. The van der Waals surface area contributed by atoms with Gasteiger partial charge in [0.15, 0.2) is 5.76 Å². The lowest BCUT2D eigenvalue weighted by atomic mass is 10.3. The summed E-state index contributed by atoms with van der Waals surface area (Å²) in [5.41, 5.74) is 0.935. The van der Waals surface area contributed by atoms with E-state index in [0.29, 0.717) is 23.1 Å². The number of ether oxygens (including phenoxy) is 1. The molecule has 6 nitrogen and oxygen atoms in total. The van der Waals surface area contributed by atoms with E-state index in [1.54, 1.807) is 42.4 Å². The van der Waals surface area contributed by atoms with Crippen molar-refractivity contribution in [3.05, 3.63) is 69.3 Å². The SMILES string of the molecule is CCn1ncc(Br)c1CN(C)C(=O)c1ccc(COc2cccc(Cl)c2)o1. The summed E-state index contributed by atoms with van der Waals surface area (Å²) in [6.45, 7) is 3.37. The van der Waals surface area contributed by atoms with E-state index in [1.807, 2.05) is 23.7 Å². The number of benzene rings is 1. The fourth-order valence-corrected chi connectivity index (χ4v) is 3.19. The van der Waals surface area contributed by atoms with Gasteiger partial charge < -0.3 is 14.1 Å². The number of carbonyl (C=O) groups excluding carboxylic acids is 1. The monoisotopic (exact) mass is 451 g/mol. The molecule has 0 aliphatic carbocycles. The second-order valence-electron chi connectivity index (χ2n) is 5.93. The Hall–Kier alpha value is -2.25. The van der Waals surface area contributed by atoms with Crippen LogP contribution in [0.2, 0.25) is 5.02 Å². The minimum Gasteiger partial charge on any atom is -0.486 e. The molecule has 0 aliphatic rings. The Morgan fingerprint density at radius 3 is 2.93 bits per heavy atom. The number of hydrogen-bond donors (Lipinski definition) is 0. The van der Waals surface area contributed by atoms with Gasteiger partial charge >= 0.3 is 0 Å². The van der Waals surface area contributed by atoms with Crippen LogP contribution in [0.25, 0.3) is 0 Å². The first-order valence-electron chi connectivity index (χ1n) is 8.40. The number of rotatable bonds is 7. The molecule has 2 heterocycles. The highest BCUT2D eigenvalue weighted by molar-refractivity contribution is 9.10. The van der Waals surface area contributed by atoms with Crippen LogP contribution < -0.4 is 4.74 Å². The summed E-state index contributed by atoms with van der Waals surface area (Å²) in [7, 11) is 1.73. The summed E-state index contributed by atoms with van der Waals surface area (Å²) in [4.78, 5) is 14.2. The first-order valence-corrected chi connectivity index (χ1v) is 9.57. The number of halogens is 2. The van der Waals surface area contributed by atoms with Gasteiger partial charge in [0.25, 0.3) is 5.91 Å². The van der Waals surface area contributed by atoms with Gasteiger partial charge in [-0.2, -0.15) is 5.10 Å². The van der Waals surface area contributed by atoms with Crippen molar-refractivity contribution in [2.24, 2.45) is 0 Å². The lowest BCUT2D eigenvalue weighted by Crippen LogP contribution is -2.27. The average Bonchev–Trinajstić information content (AvgIpc) is 3.27. The zero-order valence-corrected chi connectivity index (χ0v) is 17.3. The lowest BCUT2D eigenvalue weighted by Gasteiger charge is -2.17. The van der Waals surface area contributed by atoms with Crippen molar-refractivity contribution in [3.8, 4) is 5.75 Å². The molecule has 8 heteroatoms. The smallest absolute Gasteiger partial charge is 0.289 e. The van der Waals surface area contributed by atoms with E-state index in [9.17, 15) is 4.79 Å². The van der Waals surface area contributed by atoms with Crippen LogP contribution in [0.4, 0.5) is 0 Å². The van der Waals surface area contributed by atoms with Gasteiger partial charge in [-0.25, -0.2) is 0 Å². The summed E-state index contributed by atoms with van der Waals surface area (Å²) in [6.07, 6.45) is 1.73. The van der Waals surface area contributed by atoms with Crippen LogP contribution in [-0.2, 0) is 19.7 Å². The molecule has 0 aliphatic heterocycles. The third-order valence-corrected chi connectivity index (χ3v) is 4.88. The normalized spacial score (nSPS) is 10.8. The third-order valence-electron chi connectivity index (χ3n) is 3.98. The zero-order valence-electron chi connectivity index (χ0n) is 15.0. The summed E-state index contributed by atoms with van der Waals surface area (Å²) >= 11 is 9.41. The Labute approximate surface area is 170 Å². The molecule has 0 fully saturated rings. The fraction of sp³-hybridized carbons (Fsp3) is 0.263. The van der Waals surface area contributed by atoms with Crippen LogP contribution in [0, 0.1) is 0 Å². The maximum Gasteiger partial charge on any atom is 0.289 e. The van der Waals surface area contributed by atoms with E-state index in [1.165, 1.54) is 0 Å². The molecular formula is C19H19BrClN3O3. The number of carbonyl (C=O) groups is 1. The van der Waals surface area contributed by atoms with Gasteiger partial charge in [-0.05, 0) is 53.2 Å². The molecule has 27 heavy (non-hydrogen) atoms. The highest BCUT2D eigenvalue weighted by Crippen LogP contribution is 2.21. The van der Waals surface area contributed by atoms with Crippen LogP contribution in [0.5, 0.6) is 5.75 Å². The molecule has 3 rings (SSSR count). The highest BCUT2D eigenvalue weighted by Gasteiger charge is 2.19. The van der Waals surface area contributed by atoms with Gasteiger partial charge in [0.1, 0.15) is 18.1 Å². The minimum absolute atomic E-state index is 0.209. The lowest BCUT2D eigenvalue weighted by molar-refractivity contribution is 0.0745. The van der Waals surface area contributed by atoms with Gasteiger partial charge in [0.05, 0.1) is 22.9 Å². The average molecular weight is 453 g/mol. The Bertz CT molecular complexity index is 938. The van der Waals surface area contributed by atoms with Gasteiger partial charge in [-0.15, -0.1) is 0 Å². The minimum atomic E-state index is -0.209. The van der Waals surface area contributed by atoms with Crippen molar-refractivity contribution in [3.63, 3.8) is 0 Å². The molecule has 0 radical (unpaired) electrons. The highest BCUT2D eigenvalue weighted by atomic mass is 79.9. The van der Waals surface area contributed by atoms with Crippen molar-refractivity contribution in [1.29, 1.82) is 0 Å². The number of nitrogens with zero attached hydrogens (tertiary/aromatic N) is 3. The summed E-state index contributed by atoms with van der Waals surface area (Å²) < 4.78 is 14.0. The second-order valence-corrected chi connectivity index (χ2v) is 7.22. The van der Waals surface area contributed by atoms with Crippen molar-refractivity contribution < 1.29 is 13.9 Å². The summed E-state index contributed by atoms with van der Waals surface area (Å²) in [5, 5.41) is 4.86. The molecule has 0 bridgehead atoms. The molecule has 142 valence electrons. The molecule has 0 unspecified atom stereocenters. The van der Waals surface area contributed by atoms with Crippen molar-refractivity contribution >= 4 is 33.4 Å². The van der Waals surface area contributed by atoms with Gasteiger partial charge in [-0.3, -0.25) is 9.48 Å². The Morgan fingerprint density at radius 1 is 1.37 bits per heavy atom. The van der Waals surface area contributed by atoms with E-state index in [4.69, 9.17) is 20.8 Å². The van der Waals surface area contributed by atoms with Crippen LogP contribution in [0.15, 0.2) is 51.5 Å². The number of amides is 1. The summed E-state index contributed by atoms with van der Waals surface area (Å²) in [5.74, 6) is 1.26. The van der Waals surface area contributed by atoms with Gasteiger partial charge in [-0.1, -0.05) is 17.7 Å². The first-order chi connectivity index (χ1) is 13.0. The van der Waals surface area contributed by atoms with Gasteiger partial charge in [0, 0.05) is 18.6 Å². The molecule has 0 N–H and O–H groups in total. The third kappa shape index (κ3) is 4.73. The van der Waals surface area contributed by atoms with Crippen LogP contribution >= 0.6 is 27.5 Å². The van der Waals surface area contributed by atoms with E-state index >= 15 is 0 Å². The Balaban J connectivity index is 1.63. The molecule has 1 amide bonds. The molecule has 0 spiro atoms. The van der Waals surface area contributed by atoms with Crippen LogP contribution in [0.3, 0.4) is 0 Å². The number of hydrogen-bond acceptors (Lipinski definition) is 4. The number of aryl methyl sites for hydroxylation is 1. The van der Waals surface area contributed by atoms with E-state index < -0.39 is 0 Å². The van der Waals surface area contributed by atoms with E-state index in [2.05, 4.69) is 21.0 Å². The van der Waals surface area contributed by atoms with E-state index in [-0.39, 0.29) is 18.3 Å². The molecule has 0 atom stereocenters. The maximum absolute atomic E-state index is 12.6. The quantitative estimate of drug-likeness (QED) is 0.518. The van der Waals surface area contributed by atoms with Crippen molar-refractivity contribution in [2.75, 3.05) is 7.05 Å². The van der Waals surface area contributed by atoms with Crippen LogP contribution in [0.1, 0.15) is 28.9 Å². The van der Waals surface area contributed by atoms with Crippen LogP contribution in [-0.4, -0.2) is 27.6 Å². The van der Waals surface area contributed by atoms with E-state index in [0.717, 1.165) is 16.7 Å². The molecule has 0 saturated heterocycles. The topological polar surface area (TPSA) is 60.5 Å². The predicted octanol–water partition coefficient (Wildman–Crippen LogP) is 4.76. The Morgan fingerprint density at radius 2 is 2.19 bits per heavy atom. The van der Waals surface area contributed by atoms with Crippen molar-refractivity contribution in [1.82, 2.24) is 14.7 Å². The number of aromatic nitrogens is 2. The van der Waals surface area contributed by atoms with Gasteiger partial charge in [0.2, 0.25) is 0 Å². The molecule has 1 aromatic carbocycles. The predicted molar refractivity (Wildman–Crippen MR) is 106 cm³/mol. The molecule has 0 saturated carbocycles. The summed E-state index contributed by atoms with van der Waals surface area (Å²) in [6, 6.07) is 10.5. The second kappa shape index (κ2) is 8.63. The standard InChI is InChI=1S/C19H19BrClN3O3/c1-3-24-17(16(20)10-22-24)11-23(2)19(25)18-8-7-15(27-18)12-26-14-6-4-5-13(21)9-14/h4-10H,3,11-12H2,1-2H3. The largest absolute Gasteiger partial charge is 0.486 e. The Kier molecular flexibility index (Phi) is 6.23. The number of furan rings is 1. The molecule has 3 aromatic rings. The van der Waals surface area contributed by atoms with Crippen molar-refractivity contribution in [2.45, 2.75) is 26.6 Å². The first kappa shape index (κ1) is 19.5. The zero-order chi connectivity index (χ0) is 19.4. The maximum atomic E-state index is 12.6. The molecular weight excluding hydrogens is 434 g/mol. The fourth-order valence-electron chi connectivity index (χ4n) is 2.58.